The van der Waals surface area contributed by atoms with Crippen molar-refractivity contribution in [1.82, 2.24) is 24.5 Å². The third kappa shape index (κ3) is 6.39. The SMILES string of the molecule is CCC1=C(c2ccc(F)cc2)C(c2ccc3ncnc(-c4ccc(SN(C)CCN5CCOCC5)s4)c3c2)=CNC1. The van der Waals surface area contributed by atoms with Gasteiger partial charge in [-0.05, 0) is 84.1 Å². The molecule has 0 saturated carbocycles. The molecule has 0 spiro atoms. The van der Waals surface area contributed by atoms with Gasteiger partial charge in [-0.3, -0.25) is 4.90 Å². The fourth-order valence-electron chi connectivity index (χ4n) is 5.36. The minimum absolute atomic E-state index is 0.226. The van der Waals surface area contributed by atoms with Gasteiger partial charge in [0.15, 0.2) is 0 Å². The summed E-state index contributed by atoms with van der Waals surface area (Å²) in [7, 11) is 2.15. The Balaban J connectivity index is 1.27. The second kappa shape index (κ2) is 12.8. The van der Waals surface area contributed by atoms with E-state index in [4.69, 9.17) is 9.72 Å². The number of ether oxygens (including phenoxy) is 1. The number of nitrogens with one attached hydrogen (secondary N) is 1. The maximum Gasteiger partial charge on any atom is 0.123 e. The first-order valence-electron chi connectivity index (χ1n) is 14.1. The predicted molar refractivity (Wildman–Crippen MR) is 168 cm³/mol. The minimum Gasteiger partial charge on any atom is -0.387 e. The molecule has 4 aromatic rings. The van der Waals surface area contributed by atoms with Crippen LogP contribution in [0, 0.1) is 5.82 Å². The van der Waals surface area contributed by atoms with Gasteiger partial charge >= 0.3 is 0 Å². The molecule has 6 rings (SSSR count). The molecular weight excluding hydrogens is 554 g/mol. The smallest absolute Gasteiger partial charge is 0.123 e. The molecule has 0 unspecified atom stereocenters. The third-order valence-electron chi connectivity index (χ3n) is 7.59. The van der Waals surface area contributed by atoms with Gasteiger partial charge in [0, 0.05) is 49.9 Å². The average Bonchev–Trinajstić information content (AvgIpc) is 3.48. The van der Waals surface area contributed by atoms with Crippen molar-refractivity contribution in [2.75, 3.05) is 53.0 Å². The fraction of sp³-hybridized carbons (Fsp3) is 0.312. The standard InChI is InChI=1S/C32H34FN5OS2/c1-3-22-19-34-20-27(31(22)23-4-7-25(33)8-5-23)24-6-9-28-26(18-24)32(36-21-35-28)29-10-11-30(40-29)41-37(2)12-13-38-14-16-39-17-15-38/h4-11,18,20-21,34H,3,12-17,19H2,1-2H3. The highest BCUT2D eigenvalue weighted by Gasteiger charge is 2.20. The number of likely N-dealkylation sites (N-methyl/N-ethyl adjacent to an activating group) is 1. The zero-order valence-corrected chi connectivity index (χ0v) is 25.0. The van der Waals surface area contributed by atoms with E-state index in [2.05, 4.69) is 70.0 Å². The highest BCUT2D eigenvalue weighted by molar-refractivity contribution is 7.99. The van der Waals surface area contributed by atoms with Crippen molar-refractivity contribution in [3.8, 4) is 10.6 Å². The number of hydrogen-bond donors (Lipinski definition) is 1. The first-order valence-corrected chi connectivity index (χ1v) is 15.6. The predicted octanol–water partition coefficient (Wildman–Crippen LogP) is 6.58. The van der Waals surface area contributed by atoms with Crippen LogP contribution in [-0.2, 0) is 4.74 Å². The maximum atomic E-state index is 13.8. The highest BCUT2D eigenvalue weighted by Crippen LogP contribution is 2.40. The zero-order valence-electron chi connectivity index (χ0n) is 23.4. The topological polar surface area (TPSA) is 53.5 Å². The van der Waals surface area contributed by atoms with E-state index in [-0.39, 0.29) is 5.82 Å². The molecule has 1 N–H and O–H groups in total. The molecule has 2 aromatic carbocycles. The van der Waals surface area contributed by atoms with E-state index in [1.165, 1.54) is 27.5 Å². The summed E-state index contributed by atoms with van der Waals surface area (Å²) in [5.74, 6) is -0.226. The largest absolute Gasteiger partial charge is 0.387 e. The van der Waals surface area contributed by atoms with Crippen molar-refractivity contribution >= 4 is 45.3 Å². The van der Waals surface area contributed by atoms with Crippen molar-refractivity contribution in [2.45, 2.75) is 17.6 Å². The first kappa shape index (κ1) is 28.1. The van der Waals surface area contributed by atoms with Crippen LogP contribution in [-0.4, -0.2) is 72.2 Å². The number of aromatic nitrogens is 2. The summed E-state index contributed by atoms with van der Waals surface area (Å²) in [5, 5.41) is 4.47. The lowest BCUT2D eigenvalue weighted by Gasteiger charge is -2.28. The summed E-state index contributed by atoms with van der Waals surface area (Å²) in [5.41, 5.74) is 7.53. The Morgan fingerprint density at radius 1 is 1.05 bits per heavy atom. The van der Waals surface area contributed by atoms with Gasteiger partial charge in [-0.2, -0.15) is 0 Å². The van der Waals surface area contributed by atoms with Crippen LogP contribution in [0.2, 0.25) is 0 Å². The molecule has 6 nitrogen and oxygen atoms in total. The number of fused-ring (bicyclic) bond motifs is 1. The molecule has 1 fully saturated rings. The maximum absolute atomic E-state index is 13.8. The van der Waals surface area contributed by atoms with Gasteiger partial charge in [0.2, 0.25) is 0 Å². The molecule has 0 radical (unpaired) electrons. The number of rotatable bonds is 9. The van der Waals surface area contributed by atoms with Crippen LogP contribution >= 0.6 is 23.3 Å². The summed E-state index contributed by atoms with van der Waals surface area (Å²) in [6.07, 6.45) is 4.64. The number of dihydropyridines is 1. The van der Waals surface area contributed by atoms with Gasteiger partial charge in [0.25, 0.3) is 0 Å². The van der Waals surface area contributed by atoms with Crippen LogP contribution in [0.25, 0.3) is 32.6 Å². The van der Waals surface area contributed by atoms with Crippen molar-refractivity contribution in [3.63, 3.8) is 0 Å². The molecule has 9 heteroatoms. The van der Waals surface area contributed by atoms with Crippen LogP contribution in [0.15, 0.2) is 76.9 Å². The molecule has 41 heavy (non-hydrogen) atoms. The van der Waals surface area contributed by atoms with E-state index in [1.54, 1.807) is 29.6 Å². The number of halogens is 1. The molecule has 0 bridgehead atoms. The number of thiophene rings is 1. The van der Waals surface area contributed by atoms with Crippen LogP contribution in [0.5, 0.6) is 0 Å². The second-order valence-electron chi connectivity index (χ2n) is 10.2. The molecule has 4 heterocycles. The van der Waals surface area contributed by atoms with Crippen LogP contribution in [0.3, 0.4) is 0 Å². The molecule has 212 valence electrons. The van der Waals surface area contributed by atoms with Crippen molar-refractivity contribution in [2.24, 2.45) is 0 Å². The normalized spacial score (nSPS) is 16.3. The number of nitrogens with zero attached hydrogens (tertiary/aromatic N) is 4. The van der Waals surface area contributed by atoms with E-state index in [0.717, 1.165) is 90.5 Å². The van der Waals surface area contributed by atoms with Gasteiger partial charge in [-0.1, -0.05) is 25.1 Å². The molecule has 0 aliphatic carbocycles. The quantitative estimate of drug-likeness (QED) is 0.222. The monoisotopic (exact) mass is 587 g/mol. The van der Waals surface area contributed by atoms with Gasteiger partial charge in [0.05, 0.1) is 33.5 Å². The van der Waals surface area contributed by atoms with E-state index in [0.29, 0.717) is 0 Å². The molecular formula is C32H34FN5OS2. The summed E-state index contributed by atoms with van der Waals surface area (Å²) in [4.78, 5) is 12.9. The number of benzene rings is 2. The Labute approximate surface area is 249 Å². The molecule has 2 aliphatic heterocycles. The Morgan fingerprint density at radius 2 is 1.85 bits per heavy atom. The third-order valence-corrected chi connectivity index (χ3v) is 9.76. The zero-order chi connectivity index (χ0) is 28.2. The second-order valence-corrected chi connectivity index (χ2v) is 12.8. The molecule has 1 saturated heterocycles. The molecule has 0 atom stereocenters. The van der Waals surface area contributed by atoms with Gasteiger partial charge in [-0.25, -0.2) is 18.7 Å². The molecule has 2 aliphatic rings. The fourth-order valence-corrected chi connectivity index (χ4v) is 7.51. The van der Waals surface area contributed by atoms with E-state index in [1.807, 2.05) is 12.1 Å². The molecule has 0 amide bonds. The minimum atomic E-state index is -0.226. The lowest BCUT2D eigenvalue weighted by atomic mass is 9.86. The Morgan fingerprint density at radius 3 is 2.66 bits per heavy atom. The number of allylic oxidation sites excluding steroid dienone is 2. The summed E-state index contributed by atoms with van der Waals surface area (Å²) < 4.78 is 22.8. The van der Waals surface area contributed by atoms with Crippen molar-refractivity contribution < 1.29 is 9.13 Å². The lowest BCUT2D eigenvalue weighted by molar-refractivity contribution is 0.0370. The van der Waals surface area contributed by atoms with Crippen LogP contribution < -0.4 is 5.32 Å². The van der Waals surface area contributed by atoms with Gasteiger partial charge in [-0.15, -0.1) is 11.3 Å². The first-order chi connectivity index (χ1) is 20.1. The van der Waals surface area contributed by atoms with Gasteiger partial charge in [0.1, 0.15) is 12.1 Å². The highest BCUT2D eigenvalue weighted by atomic mass is 32.2. The van der Waals surface area contributed by atoms with E-state index < -0.39 is 0 Å². The molecule has 2 aromatic heterocycles. The van der Waals surface area contributed by atoms with E-state index >= 15 is 0 Å². The van der Waals surface area contributed by atoms with Crippen molar-refractivity contribution in [1.29, 1.82) is 0 Å². The van der Waals surface area contributed by atoms with Crippen LogP contribution in [0.1, 0.15) is 24.5 Å². The lowest BCUT2D eigenvalue weighted by Crippen LogP contribution is -2.39. The summed E-state index contributed by atoms with van der Waals surface area (Å²) in [6.45, 7) is 8.67. The Bertz CT molecular complexity index is 1580. The average molecular weight is 588 g/mol. The Hall–Kier alpha value is -3.08. The van der Waals surface area contributed by atoms with E-state index in [9.17, 15) is 4.39 Å². The van der Waals surface area contributed by atoms with Gasteiger partial charge < -0.3 is 10.1 Å². The number of morpholine rings is 1. The Kier molecular flexibility index (Phi) is 8.78. The summed E-state index contributed by atoms with van der Waals surface area (Å²) in [6, 6.07) is 17.6. The summed E-state index contributed by atoms with van der Waals surface area (Å²) >= 11 is 3.54. The van der Waals surface area contributed by atoms with Crippen molar-refractivity contribution in [3.05, 3.63) is 89.6 Å². The van der Waals surface area contributed by atoms with Crippen LogP contribution in [0.4, 0.5) is 4.39 Å². The number of hydrogen-bond acceptors (Lipinski definition) is 8.